The molecule has 0 aromatic heterocycles. The number of hydrogen-bond donors (Lipinski definition) is 0. The van der Waals surface area contributed by atoms with E-state index in [0.717, 1.165) is 0 Å². The van der Waals surface area contributed by atoms with Crippen molar-refractivity contribution >= 4 is 8.07 Å². The molecule has 2 aliphatic carbocycles. The molecule has 0 spiro atoms. The number of fused-ring (bicyclic) bond motifs is 1. The van der Waals surface area contributed by atoms with Gasteiger partial charge in [0.15, 0.2) is 0 Å². The van der Waals surface area contributed by atoms with Gasteiger partial charge in [-0.05, 0) is 64.7 Å². The normalized spacial score (nSPS) is 12.4. The van der Waals surface area contributed by atoms with Crippen molar-refractivity contribution in [3.8, 4) is 22.6 Å². The van der Waals surface area contributed by atoms with Crippen molar-refractivity contribution in [2.75, 3.05) is 0 Å². The van der Waals surface area contributed by atoms with E-state index in [1.807, 2.05) is 0 Å². The SMILES string of the molecule is Cc1cc(C#C[Si](C(C)C)(C(C)C)C(C)C)c2c(C)ccc(C(C)C)cc1-2. The molecule has 146 valence electrons. The summed E-state index contributed by atoms with van der Waals surface area (Å²) in [5, 5.41) is 0. The molecule has 2 rings (SSSR count). The fourth-order valence-corrected chi connectivity index (χ4v) is 10.1. The molecule has 0 aromatic rings. The Morgan fingerprint density at radius 3 is 1.78 bits per heavy atom. The molecular weight excluding hydrogens is 340 g/mol. The minimum Gasteiger partial charge on any atom is -0.125 e. The zero-order chi connectivity index (χ0) is 20.5. The van der Waals surface area contributed by atoms with Gasteiger partial charge in [-0.2, -0.15) is 0 Å². The molecular formula is C26H38Si. The Morgan fingerprint density at radius 1 is 0.741 bits per heavy atom. The summed E-state index contributed by atoms with van der Waals surface area (Å²) in [4.78, 5) is 0. The molecule has 1 heteroatoms. The first-order valence-corrected chi connectivity index (χ1v) is 12.8. The average molecular weight is 379 g/mol. The zero-order valence-corrected chi connectivity index (χ0v) is 20.1. The topological polar surface area (TPSA) is 0 Å². The summed E-state index contributed by atoms with van der Waals surface area (Å²) in [6.45, 7) is 23.3. The molecule has 0 heterocycles. The fraction of sp³-hybridized carbons (Fsp3) is 0.538. The van der Waals surface area contributed by atoms with E-state index in [1.54, 1.807) is 0 Å². The summed E-state index contributed by atoms with van der Waals surface area (Å²) >= 11 is 0. The van der Waals surface area contributed by atoms with Crippen molar-refractivity contribution in [3.05, 3.63) is 46.5 Å². The van der Waals surface area contributed by atoms with Crippen LogP contribution < -0.4 is 0 Å². The van der Waals surface area contributed by atoms with Crippen LogP contribution in [0.4, 0.5) is 0 Å². The predicted molar refractivity (Wildman–Crippen MR) is 125 cm³/mol. The monoisotopic (exact) mass is 378 g/mol. The third kappa shape index (κ3) is 4.02. The Labute approximate surface area is 169 Å². The molecule has 27 heavy (non-hydrogen) atoms. The summed E-state index contributed by atoms with van der Waals surface area (Å²) in [5.41, 5.74) is 13.9. The van der Waals surface area contributed by atoms with E-state index in [9.17, 15) is 0 Å². The standard InChI is InChI=1S/C26H38Si/c1-17(2)23-12-11-21(9)26-24(15-22(10)25(26)16-23)13-14-27(18(3)4,19(5)6)20(7)8/h11-12,15-20H,1-10H3. The summed E-state index contributed by atoms with van der Waals surface area (Å²) in [5.74, 6) is 4.24. The maximum atomic E-state index is 3.92. The lowest BCUT2D eigenvalue weighted by Gasteiger charge is -2.38. The fourth-order valence-electron chi connectivity index (χ4n) is 4.91. The van der Waals surface area contributed by atoms with Crippen molar-refractivity contribution in [3.63, 3.8) is 0 Å². The summed E-state index contributed by atoms with van der Waals surface area (Å²) in [6, 6.07) is 9.26. The van der Waals surface area contributed by atoms with Gasteiger partial charge < -0.3 is 0 Å². The molecule has 0 fully saturated rings. The van der Waals surface area contributed by atoms with Gasteiger partial charge in [-0.25, -0.2) is 0 Å². The Hall–Kier alpha value is -1.52. The molecule has 0 radical (unpaired) electrons. The van der Waals surface area contributed by atoms with Crippen molar-refractivity contribution in [2.24, 2.45) is 0 Å². The lowest BCUT2D eigenvalue weighted by molar-refractivity contribution is 0.838. The quantitative estimate of drug-likeness (QED) is 0.372. The minimum atomic E-state index is -1.72. The molecule has 0 atom stereocenters. The lowest BCUT2D eigenvalue weighted by atomic mass is 10.0. The van der Waals surface area contributed by atoms with Crippen LogP contribution in [0.1, 0.15) is 83.6 Å². The summed E-state index contributed by atoms with van der Waals surface area (Å²) < 4.78 is 0. The molecule has 0 aliphatic heterocycles. The zero-order valence-electron chi connectivity index (χ0n) is 19.1. The maximum absolute atomic E-state index is 3.92. The van der Waals surface area contributed by atoms with E-state index >= 15 is 0 Å². The Balaban J connectivity index is 2.69. The Bertz CT molecular complexity index is 806. The Kier molecular flexibility index (Phi) is 6.64. The maximum Gasteiger partial charge on any atom is 0.146 e. The molecule has 0 aromatic carbocycles. The second-order valence-corrected chi connectivity index (χ2v) is 15.1. The van der Waals surface area contributed by atoms with Gasteiger partial charge in [-0.3, -0.25) is 0 Å². The van der Waals surface area contributed by atoms with Gasteiger partial charge in [-0.1, -0.05) is 79.5 Å². The highest BCUT2D eigenvalue weighted by molar-refractivity contribution is 6.90. The van der Waals surface area contributed by atoms with Gasteiger partial charge in [0.05, 0.1) is 0 Å². The van der Waals surface area contributed by atoms with Crippen LogP contribution in [-0.4, -0.2) is 8.07 Å². The molecule has 0 saturated carbocycles. The van der Waals surface area contributed by atoms with E-state index in [4.69, 9.17) is 0 Å². The molecule has 0 saturated heterocycles. The van der Waals surface area contributed by atoms with E-state index in [1.165, 1.54) is 33.4 Å². The van der Waals surface area contributed by atoms with Crippen LogP contribution in [0.5, 0.6) is 0 Å². The first-order chi connectivity index (χ1) is 12.5. The summed E-state index contributed by atoms with van der Waals surface area (Å²) in [7, 11) is -1.72. The van der Waals surface area contributed by atoms with Gasteiger partial charge in [0.25, 0.3) is 0 Å². The van der Waals surface area contributed by atoms with E-state index < -0.39 is 8.07 Å². The van der Waals surface area contributed by atoms with Crippen molar-refractivity contribution in [1.82, 2.24) is 0 Å². The van der Waals surface area contributed by atoms with Gasteiger partial charge in [-0.15, -0.1) is 5.54 Å². The first kappa shape index (κ1) is 21.8. The third-order valence-corrected chi connectivity index (χ3v) is 12.8. The highest BCUT2D eigenvalue weighted by Gasteiger charge is 2.41. The van der Waals surface area contributed by atoms with Crippen LogP contribution >= 0.6 is 0 Å². The largest absolute Gasteiger partial charge is 0.146 e. The smallest absolute Gasteiger partial charge is 0.125 e. The van der Waals surface area contributed by atoms with E-state index in [-0.39, 0.29) is 0 Å². The minimum absolute atomic E-state index is 0.534. The number of aryl methyl sites for hydroxylation is 2. The summed E-state index contributed by atoms with van der Waals surface area (Å²) in [6.07, 6.45) is 0. The van der Waals surface area contributed by atoms with E-state index in [0.29, 0.717) is 22.5 Å². The van der Waals surface area contributed by atoms with Crippen molar-refractivity contribution in [1.29, 1.82) is 0 Å². The van der Waals surface area contributed by atoms with Crippen LogP contribution in [-0.2, 0) is 0 Å². The van der Waals surface area contributed by atoms with E-state index in [2.05, 4.69) is 105 Å². The van der Waals surface area contributed by atoms with Crippen LogP contribution in [0.3, 0.4) is 0 Å². The molecule has 2 aliphatic rings. The van der Waals surface area contributed by atoms with Gasteiger partial charge in [0, 0.05) is 11.1 Å². The molecule has 0 unspecified atom stereocenters. The Morgan fingerprint density at radius 2 is 1.30 bits per heavy atom. The first-order valence-electron chi connectivity index (χ1n) is 10.6. The van der Waals surface area contributed by atoms with Crippen molar-refractivity contribution < 1.29 is 0 Å². The highest BCUT2D eigenvalue weighted by Crippen LogP contribution is 2.41. The van der Waals surface area contributed by atoms with Crippen LogP contribution in [0.25, 0.3) is 11.1 Å². The van der Waals surface area contributed by atoms with Crippen LogP contribution in [0.2, 0.25) is 16.6 Å². The van der Waals surface area contributed by atoms with Gasteiger partial charge in [0.1, 0.15) is 8.07 Å². The molecule has 0 amide bonds. The average Bonchev–Trinajstić information content (AvgIpc) is 2.74. The molecule has 0 N–H and O–H groups in total. The number of hydrogen-bond acceptors (Lipinski definition) is 0. The van der Waals surface area contributed by atoms with Crippen LogP contribution in [0.15, 0.2) is 24.3 Å². The number of rotatable bonds is 4. The van der Waals surface area contributed by atoms with Gasteiger partial charge >= 0.3 is 0 Å². The van der Waals surface area contributed by atoms with Crippen molar-refractivity contribution in [2.45, 2.75) is 91.8 Å². The molecule has 0 bridgehead atoms. The predicted octanol–water partition coefficient (Wildman–Crippen LogP) is 8.10. The second-order valence-electron chi connectivity index (χ2n) is 9.49. The van der Waals surface area contributed by atoms with Gasteiger partial charge in [0.2, 0.25) is 0 Å². The molecule has 0 nitrogen and oxygen atoms in total. The third-order valence-electron chi connectivity index (χ3n) is 6.50. The lowest BCUT2D eigenvalue weighted by Crippen LogP contribution is -2.43. The van der Waals surface area contributed by atoms with Crippen LogP contribution in [0, 0.1) is 25.3 Å². The second kappa shape index (κ2) is 8.23. The highest BCUT2D eigenvalue weighted by atomic mass is 28.3.